The summed E-state index contributed by atoms with van der Waals surface area (Å²) in [7, 11) is 0. The summed E-state index contributed by atoms with van der Waals surface area (Å²) in [5, 5.41) is 0. The van der Waals surface area contributed by atoms with E-state index in [1.807, 2.05) is 29.2 Å². The number of nitrogens with zero attached hydrogens (tertiary/aromatic N) is 6. The molecule has 0 bridgehead atoms. The van der Waals surface area contributed by atoms with Gasteiger partial charge < -0.3 is 20.3 Å². The number of benzene rings is 1. The lowest BCUT2D eigenvalue weighted by Gasteiger charge is -2.32. The normalized spacial score (nSPS) is 16.6. The second-order valence-electron chi connectivity index (χ2n) is 7.48. The van der Waals surface area contributed by atoms with Crippen molar-refractivity contribution in [1.29, 1.82) is 0 Å². The number of rotatable bonds is 4. The predicted molar refractivity (Wildman–Crippen MR) is 111 cm³/mol. The van der Waals surface area contributed by atoms with Gasteiger partial charge in [-0.15, -0.1) is 0 Å². The highest BCUT2D eigenvalue weighted by atomic mass is 19.1. The van der Waals surface area contributed by atoms with Gasteiger partial charge in [0.1, 0.15) is 18.2 Å². The number of fused-ring (bicyclic) bond motifs is 1. The first-order chi connectivity index (χ1) is 14.7. The van der Waals surface area contributed by atoms with Crippen LogP contribution >= 0.6 is 0 Å². The van der Waals surface area contributed by atoms with Gasteiger partial charge in [-0.1, -0.05) is 0 Å². The fraction of sp³-hybridized carbons (Fsp3) is 0.333. The number of nitrogens with two attached hydrogens (primary N) is 1. The molecule has 0 aliphatic carbocycles. The smallest absolute Gasteiger partial charge is 0.225 e. The first kappa shape index (κ1) is 18.5. The molecular weight excluding hydrogens is 385 g/mol. The number of ether oxygens (including phenoxy) is 1. The molecule has 4 heterocycles. The molecule has 2 aromatic heterocycles. The molecule has 1 aromatic carbocycles. The van der Waals surface area contributed by atoms with Gasteiger partial charge in [0, 0.05) is 43.9 Å². The van der Waals surface area contributed by atoms with E-state index in [2.05, 4.69) is 24.8 Å². The van der Waals surface area contributed by atoms with Crippen molar-refractivity contribution in [3.05, 3.63) is 54.4 Å². The predicted octanol–water partition coefficient (Wildman–Crippen LogP) is 2.73. The fourth-order valence-corrected chi connectivity index (χ4v) is 3.98. The SMILES string of the molecule is Nc1ccc(N2CCc3c(OC4CCN(c5ncc(F)cn5)CC4)ncnc32)cc1. The maximum atomic E-state index is 13.0. The Bertz CT molecular complexity index is 1020. The number of anilines is 4. The van der Waals surface area contributed by atoms with Crippen LogP contribution in [0.3, 0.4) is 0 Å². The second kappa shape index (κ2) is 7.74. The van der Waals surface area contributed by atoms with Crippen molar-refractivity contribution in [3.8, 4) is 5.88 Å². The average Bonchev–Trinajstić information content (AvgIpc) is 3.21. The van der Waals surface area contributed by atoms with E-state index in [9.17, 15) is 4.39 Å². The maximum Gasteiger partial charge on any atom is 0.225 e. The first-order valence-corrected chi connectivity index (χ1v) is 10.0. The Morgan fingerprint density at radius 2 is 1.70 bits per heavy atom. The van der Waals surface area contributed by atoms with E-state index < -0.39 is 5.82 Å². The minimum atomic E-state index is -0.428. The summed E-state index contributed by atoms with van der Waals surface area (Å²) in [5.74, 6) is 1.68. The molecule has 2 aliphatic rings. The summed E-state index contributed by atoms with van der Waals surface area (Å²) in [6.07, 6.45) is 6.49. The van der Waals surface area contributed by atoms with Crippen molar-refractivity contribution >= 4 is 23.1 Å². The van der Waals surface area contributed by atoms with Gasteiger partial charge in [-0.25, -0.2) is 24.3 Å². The molecule has 5 rings (SSSR count). The Morgan fingerprint density at radius 3 is 2.43 bits per heavy atom. The topological polar surface area (TPSA) is 93.3 Å². The molecule has 2 N–H and O–H groups in total. The summed E-state index contributed by atoms with van der Waals surface area (Å²) in [5.41, 5.74) is 8.64. The largest absolute Gasteiger partial charge is 0.474 e. The third-order valence-electron chi connectivity index (χ3n) is 5.54. The van der Waals surface area contributed by atoms with Crippen LogP contribution in [0.25, 0.3) is 0 Å². The van der Waals surface area contributed by atoms with Crippen molar-refractivity contribution in [1.82, 2.24) is 19.9 Å². The zero-order valence-electron chi connectivity index (χ0n) is 16.4. The molecule has 9 heteroatoms. The van der Waals surface area contributed by atoms with E-state index in [1.54, 1.807) is 6.33 Å². The third kappa shape index (κ3) is 3.58. The van der Waals surface area contributed by atoms with E-state index in [-0.39, 0.29) is 6.10 Å². The summed E-state index contributed by atoms with van der Waals surface area (Å²) >= 11 is 0. The van der Waals surface area contributed by atoms with E-state index >= 15 is 0 Å². The van der Waals surface area contributed by atoms with Gasteiger partial charge >= 0.3 is 0 Å². The van der Waals surface area contributed by atoms with Gasteiger partial charge in [0.15, 0.2) is 5.82 Å². The van der Waals surface area contributed by atoms with Gasteiger partial charge in [0.25, 0.3) is 0 Å². The quantitative estimate of drug-likeness (QED) is 0.660. The molecular formula is C21H22FN7O. The zero-order chi connectivity index (χ0) is 20.5. The summed E-state index contributed by atoms with van der Waals surface area (Å²) in [6.45, 7) is 2.33. The monoisotopic (exact) mass is 407 g/mol. The summed E-state index contributed by atoms with van der Waals surface area (Å²) in [4.78, 5) is 21.3. The number of piperidine rings is 1. The van der Waals surface area contributed by atoms with Crippen LogP contribution in [-0.2, 0) is 6.42 Å². The highest BCUT2D eigenvalue weighted by molar-refractivity contribution is 5.69. The van der Waals surface area contributed by atoms with Crippen molar-refractivity contribution in [3.63, 3.8) is 0 Å². The van der Waals surface area contributed by atoms with Crippen molar-refractivity contribution in [2.24, 2.45) is 0 Å². The number of hydrogen-bond donors (Lipinski definition) is 1. The van der Waals surface area contributed by atoms with Crippen LogP contribution in [-0.4, -0.2) is 45.7 Å². The van der Waals surface area contributed by atoms with Crippen LogP contribution in [0.15, 0.2) is 43.0 Å². The molecule has 0 spiro atoms. The molecule has 0 radical (unpaired) electrons. The summed E-state index contributed by atoms with van der Waals surface area (Å²) in [6, 6.07) is 7.79. The molecule has 0 atom stereocenters. The van der Waals surface area contributed by atoms with E-state index in [0.717, 1.165) is 61.7 Å². The number of halogens is 1. The fourth-order valence-electron chi connectivity index (χ4n) is 3.98. The highest BCUT2D eigenvalue weighted by Gasteiger charge is 2.29. The minimum Gasteiger partial charge on any atom is -0.474 e. The molecule has 30 heavy (non-hydrogen) atoms. The molecule has 2 aliphatic heterocycles. The number of nitrogen functional groups attached to an aromatic ring is 1. The van der Waals surface area contributed by atoms with E-state index in [1.165, 1.54) is 12.4 Å². The lowest BCUT2D eigenvalue weighted by molar-refractivity contribution is 0.162. The van der Waals surface area contributed by atoms with Gasteiger partial charge in [-0.2, -0.15) is 0 Å². The lowest BCUT2D eigenvalue weighted by atomic mass is 10.1. The van der Waals surface area contributed by atoms with Crippen LogP contribution in [0.5, 0.6) is 5.88 Å². The van der Waals surface area contributed by atoms with Crippen LogP contribution in [0.2, 0.25) is 0 Å². The molecule has 0 saturated carbocycles. The van der Waals surface area contributed by atoms with Gasteiger partial charge in [0.05, 0.1) is 18.0 Å². The molecule has 3 aromatic rings. The standard InChI is InChI=1S/C21H22FN7O/c22-14-11-24-21(25-12-14)28-8-5-17(6-9-28)30-20-18-7-10-29(19(18)26-13-27-20)16-3-1-15(23)2-4-16/h1-4,11-13,17H,5-10,23H2. The highest BCUT2D eigenvalue weighted by Crippen LogP contribution is 2.37. The van der Waals surface area contributed by atoms with Crippen LogP contribution in [0.1, 0.15) is 18.4 Å². The van der Waals surface area contributed by atoms with Gasteiger partial charge in [0.2, 0.25) is 11.8 Å². The van der Waals surface area contributed by atoms with Crippen LogP contribution < -0.4 is 20.3 Å². The third-order valence-corrected chi connectivity index (χ3v) is 5.54. The molecule has 0 amide bonds. The minimum absolute atomic E-state index is 0.0614. The Labute approximate surface area is 173 Å². The van der Waals surface area contributed by atoms with Crippen molar-refractivity contribution in [2.45, 2.75) is 25.4 Å². The summed E-state index contributed by atoms with van der Waals surface area (Å²) < 4.78 is 19.3. The first-order valence-electron chi connectivity index (χ1n) is 10.0. The van der Waals surface area contributed by atoms with Gasteiger partial charge in [-0.3, -0.25) is 0 Å². The Hall–Kier alpha value is -3.49. The second-order valence-corrected chi connectivity index (χ2v) is 7.48. The molecule has 0 unspecified atom stereocenters. The molecule has 8 nitrogen and oxygen atoms in total. The molecule has 154 valence electrons. The lowest BCUT2D eigenvalue weighted by Crippen LogP contribution is -2.39. The number of aromatic nitrogens is 4. The van der Waals surface area contributed by atoms with Crippen molar-refractivity contribution < 1.29 is 9.13 Å². The van der Waals surface area contributed by atoms with E-state index in [4.69, 9.17) is 10.5 Å². The zero-order valence-corrected chi connectivity index (χ0v) is 16.4. The average molecular weight is 407 g/mol. The van der Waals surface area contributed by atoms with Gasteiger partial charge in [-0.05, 0) is 30.7 Å². The Kier molecular flexibility index (Phi) is 4.78. The van der Waals surface area contributed by atoms with Crippen molar-refractivity contribution in [2.75, 3.05) is 35.2 Å². The number of hydrogen-bond acceptors (Lipinski definition) is 8. The Morgan fingerprint density at radius 1 is 0.967 bits per heavy atom. The van der Waals surface area contributed by atoms with E-state index in [0.29, 0.717) is 11.8 Å². The molecule has 1 saturated heterocycles. The Balaban J connectivity index is 1.27. The molecule has 1 fully saturated rings. The van der Waals surface area contributed by atoms with Crippen LogP contribution in [0, 0.1) is 5.82 Å². The maximum absolute atomic E-state index is 13.0. The van der Waals surface area contributed by atoms with Crippen LogP contribution in [0.4, 0.5) is 27.5 Å².